The normalized spacial score (nSPS) is 24.0. The van der Waals surface area contributed by atoms with Crippen LogP contribution in [0.4, 0.5) is 9.18 Å². The van der Waals surface area contributed by atoms with Crippen LogP contribution in [0.1, 0.15) is 43.6 Å². The fraction of sp³-hybridized carbons (Fsp3) is 0.417. The standard InChI is InChI=1S/C24H26FN3O2/c25-19-6-4-5-18(13-19)16-9-11-17(12-10-16)23-21(14-26)28(22(23)15-29)24(30)27-20-7-2-1-3-8-20/h4-6,9-13,20-23,29H,1-3,7-8,15H2,(H,27,30)/t21-,22+,23-/m0/s1. The van der Waals surface area contributed by atoms with Crippen LogP contribution in [0.3, 0.4) is 0 Å². The molecule has 2 amide bonds. The Hall–Kier alpha value is -2.91. The first-order chi connectivity index (χ1) is 14.6. The van der Waals surface area contributed by atoms with Crippen LogP contribution in [-0.4, -0.2) is 40.8 Å². The summed E-state index contributed by atoms with van der Waals surface area (Å²) in [7, 11) is 0. The number of hydrogen-bond donors (Lipinski definition) is 2. The number of nitrogens with zero attached hydrogens (tertiary/aromatic N) is 2. The van der Waals surface area contributed by atoms with Gasteiger partial charge in [0.1, 0.15) is 11.9 Å². The van der Waals surface area contributed by atoms with Crippen molar-refractivity contribution in [1.29, 1.82) is 5.26 Å². The van der Waals surface area contributed by atoms with Crippen LogP contribution in [0.15, 0.2) is 48.5 Å². The molecule has 1 saturated carbocycles. The first kappa shape index (κ1) is 20.4. The van der Waals surface area contributed by atoms with Crippen LogP contribution < -0.4 is 5.32 Å². The van der Waals surface area contributed by atoms with E-state index in [-0.39, 0.29) is 30.4 Å². The Morgan fingerprint density at radius 2 is 1.87 bits per heavy atom. The Kier molecular flexibility index (Phi) is 6.01. The van der Waals surface area contributed by atoms with E-state index in [4.69, 9.17) is 0 Å². The van der Waals surface area contributed by atoms with Gasteiger partial charge in [-0.2, -0.15) is 5.26 Å². The highest BCUT2D eigenvalue weighted by atomic mass is 19.1. The average Bonchev–Trinajstić information content (AvgIpc) is 2.75. The van der Waals surface area contributed by atoms with E-state index in [0.717, 1.165) is 42.4 Å². The van der Waals surface area contributed by atoms with Gasteiger partial charge in [0.15, 0.2) is 0 Å². The van der Waals surface area contributed by atoms with Crippen molar-refractivity contribution in [3.63, 3.8) is 0 Å². The van der Waals surface area contributed by atoms with Gasteiger partial charge in [-0.1, -0.05) is 55.7 Å². The molecule has 4 rings (SSSR count). The van der Waals surface area contributed by atoms with E-state index in [1.807, 2.05) is 30.3 Å². The topological polar surface area (TPSA) is 76.4 Å². The van der Waals surface area contributed by atoms with Crippen LogP contribution in [-0.2, 0) is 0 Å². The summed E-state index contributed by atoms with van der Waals surface area (Å²) in [6, 6.07) is 15.0. The van der Waals surface area contributed by atoms with Crippen LogP contribution in [0.5, 0.6) is 0 Å². The molecule has 1 aliphatic heterocycles. The van der Waals surface area contributed by atoms with Crippen LogP contribution >= 0.6 is 0 Å². The third-order valence-corrected chi connectivity index (χ3v) is 6.35. The van der Waals surface area contributed by atoms with Gasteiger partial charge in [-0.05, 0) is 41.7 Å². The zero-order chi connectivity index (χ0) is 21.1. The van der Waals surface area contributed by atoms with Gasteiger partial charge in [-0.25, -0.2) is 9.18 Å². The highest BCUT2D eigenvalue weighted by molar-refractivity contribution is 5.78. The number of halogens is 1. The molecule has 1 heterocycles. The number of carbonyl (C=O) groups is 1. The van der Waals surface area contributed by atoms with Crippen molar-refractivity contribution in [2.45, 2.75) is 56.1 Å². The van der Waals surface area contributed by atoms with E-state index < -0.39 is 12.1 Å². The summed E-state index contributed by atoms with van der Waals surface area (Å²) in [6.45, 7) is -0.202. The molecule has 6 heteroatoms. The summed E-state index contributed by atoms with van der Waals surface area (Å²) < 4.78 is 13.5. The molecule has 0 spiro atoms. The van der Waals surface area contributed by atoms with E-state index in [1.54, 1.807) is 6.07 Å². The summed E-state index contributed by atoms with van der Waals surface area (Å²) >= 11 is 0. The zero-order valence-electron chi connectivity index (χ0n) is 16.8. The van der Waals surface area contributed by atoms with E-state index in [9.17, 15) is 19.6 Å². The summed E-state index contributed by atoms with van der Waals surface area (Å²) in [5, 5.41) is 22.7. The molecular formula is C24H26FN3O2. The third kappa shape index (κ3) is 3.90. The number of hydrogen-bond acceptors (Lipinski definition) is 3. The van der Waals surface area contributed by atoms with Crippen molar-refractivity contribution in [3.8, 4) is 17.2 Å². The Balaban J connectivity index is 1.50. The minimum Gasteiger partial charge on any atom is -0.394 e. The van der Waals surface area contributed by atoms with Crippen molar-refractivity contribution >= 4 is 6.03 Å². The van der Waals surface area contributed by atoms with E-state index >= 15 is 0 Å². The fourth-order valence-electron chi connectivity index (χ4n) is 4.75. The maximum absolute atomic E-state index is 13.5. The average molecular weight is 407 g/mol. The van der Waals surface area contributed by atoms with Gasteiger partial charge in [-0.15, -0.1) is 0 Å². The lowest BCUT2D eigenvalue weighted by atomic mass is 9.75. The number of carbonyl (C=O) groups excluding carboxylic acids is 1. The molecular weight excluding hydrogens is 381 g/mol. The van der Waals surface area contributed by atoms with Crippen molar-refractivity contribution in [3.05, 3.63) is 59.9 Å². The Morgan fingerprint density at radius 1 is 1.13 bits per heavy atom. The smallest absolute Gasteiger partial charge is 0.319 e. The molecule has 156 valence electrons. The minimum atomic E-state index is -0.620. The molecule has 30 heavy (non-hydrogen) atoms. The minimum absolute atomic E-state index is 0.148. The quantitative estimate of drug-likeness (QED) is 0.798. The first-order valence-electron chi connectivity index (χ1n) is 10.6. The lowest BCUT2D eigenvalue weighted by Gasteiger charge is -2.51. The SMILES string of the molecule is N#C[C@H]1[C@H](c2ccc(-c3cccc(F)c3)cc2)[C@@H](CO)N1C(=O)NC1CCCCC1. The second-order valence-corrected chi connectivity index (χ2v) is 8.17. The van der Waals surface area contributed by atoms with E-state index in [2.05, 4.69) is 11.4 Å². The number of benzene rings is 2. The summed E-state index contributed by atoms with van der Waals surface area (Å²) in [4.78, 5) is 14.3. The van der Waals surface area contributed by atoms with E-state index in [0.29, 0.717) is 0 Å². The third-order valence-electron chi connectivity index (χ3n) is 6.35. The highest BCUT2D eigenvalue weighted by Crippen LogP contribution is 2.41. The number of likely N-dealkylation sites (tertiary alicyclic amines) is 1. The second-order valence-electron chi connectivity index (χ2n) is 8.17. The second kappa shape index (κ2) is 8.85. The van der Waals surface area contributed by atoms with Crippen molar-refractivity contribution < 1.29 is 14.3 Å². The molecule has 2 aliphatic rings. The molecule has 2 aromatic carbocycles. The van der Waals surface area contributed by atoms with Gasteiger partial charge in [-0.3, -0.25) is 0 Å². The molecule has 1 saturated heterocycles. The van der Waals surface area contributed by atoms with Crippen LogP contribution in [0, 0.1) is 17.1 Å². The van der Waals surface area contributed by atoms with Gasteiger partial charge in [0.25, 0.3) is 0 Å². The van der Waals surface area contributed by atoms with Gasteiger partial charge in [0, 0.05) is 12.0 Å². The monoisotopic (exact) mass is 407 g/mol. The van der Waals surface area contributed by atoms with Crippen molar-refractivity contribution in [2.75, 3.05) is 6.61 Å². The Labute approximate surface area is 176 Å². The number of nitriles is 1. The number of amides is 2. The fourth-order valence-corrected chi connectivity index (χ4v) is 4.75. The maximum Gasteiger partial charge on any atom is 0.319 e. The first-order valence-corrected chi connectivity index (χ1v) is 10.6. The lowest BCUT2D eigenvalue weighted by Crippen LogP contribution is -2.67. The number of aliphatic hydroxyl groups excluding tert-OH is 1. The molecule has 0 bridgehead atoms. The van der Waals surface area contributed by atoms with E-state index in [1.165, 1.54) is 23.5 Å². The molecule has 0 radical (unpaired) electrons. The van der Waals surface area contributed by atoms with Crippen LogP contribution in [0.2, 0.25) is 0 Å². The number of nitrogens with one attached hydrogen (secondary N) is 1. The molecule has 2 aromatic rings. The largest absolute Gasteiger partial charge is 0.394 e. The molecule has 2 N–H and O–H groups in total. The molecule has 1 aliphatic carbocycles. The Morgan fingerprint density at radius 3 is 2.50 bits per heavy atom. The number of urea groups is 1. The Bertz CT molecular complexity index is 934. The summed E-state index contributed by atoms with van der Waals surface area (Å²) in [5.41, 5.74) is 2.54. The number of aliphatic hydroxyl groups is 1. The maximum atomic E-state index is 13.5. The molecule has 2 fully saturated rings. The lowest BCUT2D eigenvalue weighted by molar-refractivity contribution is 0.0153. The molecule has 5 nitrogen and oxygen atoms in total. The molecule has 3 atom stereocenters. The van der Waals surface area contributed by atoms with Crippen LogP contribution in [0.25, 0.3) is 11.1 Å². The van der Waals surface area contributed by atoms with Gasteiger partial charge in [0.05, 0.1) is 18.7 Å². The molecule has 0 unspecified atom stereocenters. The van der Waals surface area contributed by atoms with Gasteiger partial charge < -0.3 is 15.3 Å². The van der Waals surface area contributed by atoms with Gasteiger partial charge >= 0.3 is 6.03 Å². The van der Waals surface area contributed by atoms with Crippen molar-refractivity contribution in [2.24, 2.45) is 0 Å². The zero-order valence-corrected chi connectivity index (χ0v) is 16.8. The van der Waals surface area contributed by atoms with Crippen molar-refractivity contribution in [1.82, 2.24) is 10.2 Å². The summed E-state index contributed by atoms with van der Waals surface area (Å²) in [6.07, 6.45) is 5.34. The summed E-state index contributed by atoms with van der Waals surface area (Å²) in [5.74, 6) is -0.543. The van der Waals surface area contributed by atoms with Gasteiger partial charge in [0.2, 0.25) is 0 Å². The highest BCUT2D eigenvalue weighted by Gasteiger charge is 2.52. The molecule has 0 aromatic heterocycles. The number of rotatable bonds is 4. The predicted molar refractivity (Wildman–Crippen MR) is 112 cm³/mol. The predicted octanol–water partition coefficient (Wildman–Crippen LogP) is 4.19.